The lowest BCUT2D eigenvalue weighted by Gasteiger charge is -2.28. The fourth-order valence-electron chi connectivity index (χ4n) is 3.66. The summed E-state index contributed by atoms with van der Waals surface area (Å²) in [5, 5.41) is 0. The van der Waals surface area contributed by atoms with Crippen LogP contribution in [0.4, 0.5) is 5.69 Å². The molecule has 3 aromatic carbocycles. The topological polar surface area (TPSA) is 38.5 Å². The Hall–Kier alpha value is -3.37. The summed E-state index contributed by atoms with van der Waals surface area (Å²) in [4.78, 5) is 7.21. The Morgan fingerprint density at radius 1 is 0.655 bits per heavy atom. The second kappa shape index (κ2) is 7.94. The lowest BCUT2D eigenvalue weighted by Crippen LogP contribution is -2.36. The van der Waals surface area contributed by atoms with E-state index in [4.69, 9.17) is 14.1 Å². The molecule has 0 amide bonds. The molecule has 0 unspecified atom stereocenters. The van der Waals surface area contributed by atoms with Crippen LogP contribution in [-0.2, 0) is 4.74 Å². The van der Waals surface area contributed by atoms with E-state index < -0.39 is 0 Å². The SMILES string of the molecule is c1ccc(-c2nc(-c3ccc(N4CCOCC4)cc3)oc2-c2ccccc2)cc1. The Bertz CT molecular complexity index is 1010. The maximum absolute atomic E-state index is 6.28. The zero-order valence-electron chi connectivity index (χ0n) is 16.1. The van der Waals surface area contributed by atoms with E-state index in [1.807, 2.05) is 36.4 Å². The normalized spacial score (nSPS) is 14.1. The van der Waals surface area contributed by atoms with Crippen molar-refractivity contribution in [2.45, 2.75) is 0 Å². The average Bonchev–Trinajstić information content (AvgIpc) is 3.27. The Kier molecular flexibility index (Phi) is 4.85. The van der Waals surface area contributed by atoms with Crippen LogP contribution in [0.15, 0.2) is 89.3 Å². The summed E-state index contributed by atoms with van der Waals surface area (Å²) in [5.41, 5.74) is 5.11. The summed E-state index contributed by atoms with van der Waals surface area (Å²) in [6.45, 7) is 3.41. The first-order valence-corrected chi connectivity index (χ1v) is 9.93. The molecule has 0 N–H and O–H groups in total. The van der Waals surface area contributed by atoms with Gasteiger partial charge in [0.1, 0.15) is 5.69 Å². The number of oxazole rings is 1. The fourth-order valence-corrected chi connectivity index (χ4v) is 3.66. The van der Waals surface area contributed by atoms with Crippen LogP contribution in [0.5, 0.6) is 0 Å². The molecule has 1 aliphatic rings. The van der Waals surface area contributed by atoms with Gasteiger partial charge in [0.25, 0.3) is 0 Å². The smallest absolute Gasteiger partial charge is 0.227 e. The maximum atomic E-state index is 6.28. The van der Waals surface area contributed by atoms with Gasteiger partial charge in [0, 0.05) is 35.5 Å². The van der Waals surface area contributed by atoms with Gasteiger partial charge in [0.05, 0.1) is 13.2 Å². The van der Waals surface area contributed by atoms with E-state index >= 15 is 0 Å². The summed E-state index contributed by atoms with van der Waals surface area (Å²) in [6.07, 6.45) is 0. The molecule has 1 saturated heterocycles. The van der Waals surface area contributed by atoms with Gasteiger partial charge in [-0.1, -0.05) is 60.7 Å². The zero-order chi connectivity index (χ0) is 19.5. The highest BCUT2D eigenvalue weighted by molar-refractivity contribution is 5.79. The highest BCUT2D eigenvalue weighted by atomic mass is 16.5. The van der Waals surface area contributed by atoms with Crippen molar-refractivity contribution in [1.82, 2.24) is 4.98 Å². The number of rotatable bonds is 4. The van der Waals surface area contributed by atoms with Crippen molar-refractivity contribution >= 4 is 5.69 Å². The molecule has 29 heavy (non-hydrogen) atoms. The van der Waals surface area contributed by atoms with Crippen LogP contribution >= 0.6 is 0 Å². The Balaban J connectivity index is 1.53. The third-order valence-electron chi connectivity index (χ3n) is 5.20. The molecule has 0 radical (unpaired) electrons. The summed E-state index contributed by atoms with van der Waals surface area (Å²) >= 11 is 0. The molecule has 1 aromatic heterocycles. The predicted octanol–water partition coefficient (Wildman–Crippen LogP) is 5.51. The molecular weight excluding hydrogens is 360 g/mol. The molecule has 1 aliphatic heterocycles. The Morgan fingerprint density at radius 3 is 1.93 bits per heavy atom. The van der Waals surface area contributed by atoms with Crippen molar-refractivity contribution < 1.29 is 9.15 Å². The first kappa shape index (κ1) is 17.7. The van der Waals surface area contributed by atoms with Crippen molar-refractivity contribution in [2.75, 3.05) is 31.2 Å². The van der Waals surface area contributed by atoms with Crippen molar-refractivity contribution in [2.24, 2.45) is 0 Å². The van der Waals surface area contributed by atoms with Crippen molar-refractivity contribution in [1.29, 1.82) is 0 Å². The minimum atomic E-state index is 0.635. The van der Waals surface area contributed by atoms with E-state index in [1.54, 1.807) is 0 Å². The molecule has 1 fully saturated rings. The number of ether oxygens (including phenoxy) is 1. The second-order valence-corrected chi connectivity index (χ2v) is 7.08. The van der Waals surface area contributed by atoms with E-state index in [1.165, 1.54) is 5.69 Å². The molecule has 0 aliphatic carbocycles. The van der Waals surface area contributed by atoms with Gasteiger partial charge in [-0.25, -0.2) is 4.98 Å². The number of hydrogen-bond donors (Lipinski definition) is 0. The highest BCUT2D eigenvalue weighted by Gasteiger charge is 2.18. The molecule has 5 rings (SSSR count). The lowest BCUT2D eigenvalue weighted by molar-refractivity contribution is 0.122. The van der Waals surface area contributed by atoms with Crippen molar-refractivity contribution in [3.63, 3.8) is 0 Å². The Labute approximate surface area is 170 Å². The highest BCUT2D eigenvalue weighted by Crippen LogP contribution is 2.36. The van der Waals surface area contributed by atoms with Crippen LogP contribution < -0.4 is 4.90 Å². The van der Waals surface area contributed by atoms with Crippen LogP contribution in [0.25, 0.3) is 34.0 Å². The standard InChI is InChI=1S/C25H22N2O2/c1-3-7-19(8-4-1)23-24(20-9-5-2-6-10-20)29-25(26-23)21-11-13-22(14-12-21)27-15-17-28-18-16-27/h1-14H,15-18H2. The summed E-state index contributed by atoms with van der Waals surface area (Å²) in [5.74, 6) is 1.43. The second-order valence-electron chi connectivity index (χ2n) is 7.08. The molecule has 0 saturated carbocycles. The van der Waals surface area contributed by atoms with Crippen LogP contribution in [-0.4, -0.2) is 31.3 Å². The number of nitrogens with zero attached hydrogens (tertiary/aromatic N) is 2. The number of aromatic nitrogens is 1. The monoisotopic (exact) mass is 382 g/mol. The molecule has 0 bridgehead atoms. The molecule has 144 valence electrons. The van der Waals surface area contributed by atoms with Crippen molar-refractivity contribution in [3.8, 4) is 34.0 Å². The summed E-state index contributed by atoms with van der Waals surface area (Å²) < 4.78 is 11.7. The minimum absolute atomic E-state index is 0.635. The Morgan fingerprint density at radius 2 is 1.28 bits per heavy atom. The third kappa shape index (κ3) is 3.67. The van der Waals surface area contributed by atoms with Crippen LogP contribution in [0, 0.1) is 0 Å². The quantitative estimate of drug-likeness (QED) is 0.466. The van der Waals surface area contributed by atoms with Gasteiger partial charge in [-0.15, -0.1) is 0 Å². The molecule has 0 spiro atoms. The number of benzene rings is 3. The van der Waals surface area contributed by atoms with Gasteiger partial charge < -0.3 is 14.1 Å². The molecule has 2 heterocycles. The molecule has 0 atom stereocenters. The first-order valence-electron chi connectivity index (χ1n) is 9.93. The van der Waals surface area contributed by atoms with Gasteiger partial charge in [0.2, 0.25) is 5.89 Å². The maximum Gasteiger partial charge on any atom is 0.227 e. The van der Waals surface area contributed by atoms with E-state index in [-0.39, 0.29) is 0 Å². The van der Waals surface area contributed by atoms with Gasteiger partial charge in [-0.2, -0.15) is 0 Å². The minimum Gasteiger partial charge on any atom is -0.435 e. The number of morpholine rings is 1. The van der Waals surface area contributed by atoms with Crippen molar-refractivity contribution in [3.05, 3.63) is 84.9 Å². The van der Waals surface area contributed by atoms with Crippen LogP contribution in [0.1, 0.15) is 0 Å². The largest absolute Gasteiger partial charge is 0.435 e. The van der Waals surface area contributed by atoms with E-state index in [9.17, 15) is 0 Å². The fraction of sp³-hybridized carbons (Fsp3) is 0.160. The summed E-state index contributed by atoms with van der Waals surface area (Å²) in [7, 11) is 0. The van der Waals surface area contributed by atoms with Crippen LogP contribution in [0.3, 0.4) is 0 Å². The van der Waals surface area contributed by atoms with Crippen LogP contribution in [0.2, 0.25) is 0 Å². The van der Waals surface area contributed by atoms with Gasteiger partial charge >= 0.3 is 0 Å². The molecular formula is C25H22N2O2. The summed E-state index contributed by atoms with van der Waals surface area (Å²) in [6, 6.07) is 28.8. The van der Waals surface area contributed by atoms with E-state index in [2.05, 4.69) is 53.4 Å². The number of hydrogen-bond acceptors (Lipinski definition) is 4. The zero-order valence-corrected chi connectivity index (χ0v) is 16.1. The van der Waals surface area contributed by atoms with Gasteiger partial charge in [-0.05, 0) is 24.3 Å². The molecule has 4 aromatic rings. The molecule has 4 nitrogen and oxygen atoms in total. The van der Waals surface area contributed by atoms with Gasteiger partial charge in [0.15, 0.2) is 5.76 Å². The van der Waals surface area contributed by atoms with E-state index in [0.29, 0.717) is 5.89 Å². The first-order chi connectivity index (χ1) is 14.4. The predicted molar refractivity (Wildman–Crippen MR) is 116 cm³/mol. The lowest BCUT2D eigenvalue weighted by atomic mass is 10.1. The van der Waals surface area contributed by atoms with Gasteiger partial charge in [-0.3, -0.25) is 0 Å². The molecule has 4 heteroatoms. The third-order valence-corrected chi connectivity index (χ3v) is 5.20. The van der Waals surface area contributed by atoms with E-state index in [0.717, 1.165) is 54.4 Å². The average molecular weight is 382 g/mol. The number of anilines is 1.